The van der Waals surface area contributed by atoms with E-state index in [4.69, 9.17) is 4.43 Å². The molecular formula is C4H10O3Si. The molecule has 48 valence electrons. The summed E-state index contributed by atoms with van der Waals surface area (Å²) in [6.45, 7) is 3.05. The quantitative estimate of drug-likeness (QED) is 0.281. The van der Waals surface area contributed by atoms with Crippen molar-refractivity contribution in [1.29, 1.82) is 0 Å². The highest BCUT2D eigenvalue weighted by atomic mass is 28.2. The minimum absolute atomic E-state index is 0.298. The second-order valence-electron chi connectivity index (χ2n) is 1.41. The molecule has 4 heteroatoms. The second kappa shape index (κ2) is 3.62. The minimum Gasteiger partial charge on any atom is -0.437 e. The molecular weight excluding hydrogens is 124 g/mol. The van der Waals surface area contributed by atoms with E-state index in [1.54, 1.807) is 6.92 Å². The van der Waals surface area contributed by atoms with Crippen LogP contribution in [-0.2, 0) is 14.0 Å². The minimum atomic E-state index is -0.362. The summed E-state index contributed by atoms with van der Waals surface area (Å²) in [6, 6.07) is 0. The molecule has 0 bridgehead atoms. The van der Waals surface area contributed by atoms with Gasteiger partial charge in [-0.15, -0.1) is 0 Å². The van der Waals surface area contributed by atoms with Crippen LogP contribution < -0.4 is 0 Å². The third kappa shape index (κ3) is 3.82. The number of esters is 1. The highest BCUT2D eigenvalue weighted by molar-refractivity contribution is 5.98. The van der Waals surface area contributed by atoms with E-state index in [2.05, 4.69) is 4.74 Å². The molecule has 3 nitrogen and oxygen atoms in total. The molecule has 0 saturated heterocycles. The van der Waals surface area contributed by atoms with Crippen molar-refractivity contribution in [2.45, 2.75) is 20.1 Å². The lowest BCUT2D eigenvalue weighted by Gasteiger charge is -2.08. The van der Waals surface area contributed by atoms with Gasteiger partial charge in [-0.2, -0.15) is 0 Å². The molecule has 0 aliphatic heterocycles. The Morgan fingerprint density at radius 1 is 1.75 bits per heavy atom. The average molecular weight is 134 g/mol. The molecule has 0 heterocycles. The number of carbonyl (C=O) groups excluding carboxylic acids is 1. The molecule has 0 aliphatic rings. The van der Waals surface area contributed by atoms with Gasteiger partial charge < -0.3 is 9.16 Å². The van der Waals surface area contributed by atoms with Crippen molar-refractivity contribution in [2.24, 2.45) is 0 Å². The lowest BCUT2D eigenvalue weighted by molar-refractivity contribution is -0.158. The van der Waals surface area contributed by atoms with Gasteiger partial charge in [-0.25, -0.2) is 0 Å². The molecule has 0 spiro atoms. The smallest absolute Gasteiger partial charge is 0.304 e. The van der Waals surface area contributed by atoms with Gasteiger partial charge in [-0.05, 0) is 6.92 Å². The monoisotopic (exact) mass is 134 g/mol. The van der Waals surface area contributed by atoms with Gasteiger partial charge in [0.25, 0.3) is 0 Å². The van der Waals surface area contributed by atoms with Crippen LogP contribution in [0.3, 0.4) is 0 Å². The van der Waals surface area contributed by atoms with Gasteiger partial charge in [0.1, 0.15) is 0 Å². The van der Waals surface area contributed by atoms with Crippen LogP contribution in [0, 0.1) is 0 Å². The van der Waals surface area contributed by atoms with Gasteiger partial charge in [-0.1, -0.05) is 0 Å². The fraction of sp³-hybridized carbons (Fsp3) is 0.750. The number of ether oxygens (including phenoxy) is 1. The maximum absolute atomic E-state index is 10.1. The zero-order valence-electron chi connectivity index (χ0n) is 5.30. The van der Waals surface area contributed by atoms with Crippen LogP contribution in [0.1, 0.15) is 13.8 Å². The van der Waals surface area contributed by atoms with Crippen molar-refractivity contribution in [3.05, 3.63) is 0 Å². The topological polar surface area (TPSA) is 35.5 Å². The Bertz CT molecular complexity index is 83.4. The van der Waals surface area contributed by atoms with E-state index < -0.39 is 0 Å². The third-order valence-electron chi connectivity index (χ3n) is 0.664. The predicted molar refractivity (Wildman–Crippen MR) is 32.3 cm³/mol. The summed E-state index contributed by atoms with van der Waals surface area (Å²) in [4.78, 5) is 10.1. The predicted octanol–water partition coefficient (Wildman–Crippen LogP) is -0.808. The van der Waals surface area contributed by atoms with Crippen molar-refractivity contribution in [3.8, 4) is 0 Å². The number of rotatable bonds is 2. The first-order valence-corrected chi connectivity index (χ1v) is 3.18. The van der Waals surface area contributed by atoms with Gasteiger partial charge in [0, 0.05) is 6.92 Å². The number of hydrogen-bond acceptors (Lipinski definition) is 3. The Balaban J connectivity index is 3.24. The number of hydrogen-bond donors (Lipinski definition) is 0. The van der Waals surface area contributed by atoms with Gasteiger partial charge >= 0.3 is 5.97 Å². The Kier molecular flexibility index (Phi) is 3.46. The van der Waals surface area contributed by atoms with Crippen LogP contribution in [0.5, 0.6) is 0 Å². The van der Waals surface area contributed by atoms with Crippen LogP contribution in [-0.4, -0.2) is 22.7 Å². The largest absolute Gasteiger partial charge is 0.437 e. The highest BCUT2D eigenvalue weighted by Gasteiger charge is 1.98. The highest BCUT2D eigenvalue weighted by Crippen LogP contribution is 1.88. The Morgan fingerprint density at radius 2 is 2.25 bits per heavy atom. The van der Waals surface area contributed by atoms with Crippen LogP contribution in [0.15, 0.2) is 0 Å². The maximum Gasteiger partial charge on any atom is 0.304 e. The summed E-state index contributed by atoms with van der Waals surface area (Å²) in [5.74, 6) is -0.298. The van der Waals surface area contributed by atoms with E-state index in [1.165, 1.54) is 6.92 Å². The van der Waals surface area contributed by atoms with Crippen molar-refractivity contribution in [1.82, 2.24) is 0 Å². The lowest BCUT2D eigenvalue weighted by Crippen LogP contribution is -2.14. The summed E-state index contributed by atoms with van der Waals surface area (Å²) < 4.78 is 9.33. The molecule has 0 fully saturated rings. The molecule has 0 aromatic heterocycles. The van der Waals surface area contributed by atoms with Crippen molar-refractivity contribution in [2.75, 3.05) is 0 Å². The Hall–Kier alpha value is -0.353. The standard InChI is InChI=1S/C4H10O3Si/c1-3(5)6-4(2)7-8/h4H,1-2,8H3. The fourth-order valence-electron chi connectivity index (χ4n) is 0.282. The molecule has 0 radical (unpaired) electrons. The first-order valence-electron chi connectivity index (χ1n) is 2.37. The maximum atomic E-state index is 10.1. The lowest BCUT2D eigenvalue weighted by atomic mass is 10.7. The first kappa shape index (κ1) is 7.65. The van der Waals surface area contributed by atoms with Gasteiger partial charge in [0.05, 0.1) is 0 Å². The molecule has 1 unspecified atom stereocenters. The van der Waals surface area contributed by atoms with E-state index in [-0.39, 0.29) is 12.3 Å². The fourth-order valence-corrected chi connectivity index (χ4v) is 0.378. The second-order valence-corrected chi connectivity index (χ2v) is 1.88. The number of carbonyl (C=O) groups is 1. The van der Waals surface area contributed by atoms with Crippen molar-refractivity contribution >= 4 is 16.5 Å². The summed E-state index contributed by atoms with van der Waals surface area (Å²) in [6.07, 6.45) is -0.362. The van der Waals surface area contributed by atoms with Crippen LogP contribution >= 0.6 is 0 Å². The summed E-state index contributed by atoms with van der Waals surface area (Å²) >= 11 is 0. The zero-order valence-corrected chi connectivity index (χ0v) is 7.30. The van der Waals surface area contributed by atoms with E-state index in [1.807, 2.05) is 0 Å². The van der Waals surface area contributed by atoms with E-state index in [0.29, 0.717) is 10.5 Å². The van der Waals surface area contributed by atoms with Gasteiger partial charge in [0.15, 0.2) is 16.8 Å². The molecule has 0 amide bonds. The molecule has 0 rings (SSSR count). The normalized spacial score (nSPS) is 13.2. The van der Waals surface area contributed by atoms with E-state index >= 15 is 0 Å². The van der Waals surface area contributed by atoms with E-state index in [0.717, 1.165) is 0 Å². The summed E-state index contributed by atoms with van der Waals surface area (Å²) in [5, 5.41) is 0. The summed E-state index contributed by atoms with van der Waals surface area (Å²) in [7, 11) is 0.601. The van der Waals surface area contributed by atoms with Gasteiger partial charge in [-0.3, -0.25) is 4.79 Å². The third-order valence-corrected chi connectivity index (χ3v) is 1.33. The van der Waals surface area contributed by atoms with Crippen LogP contribution in [0.2, 0.25) is 0 Å². The van der Waals surface area contributed by atoms with E-state index in [9.17, 15) is 4.79 Å². The van der Waals surface area contributed by atoms with Crippen LogP contribution in [0.4, 0.5) is 0 Å². The molecule has 0 aromatic rings. The molecule has 0 aromatic carbocycles. The SMILES string of the molecule is CC(=O)OC(C)O[SiH3]. The first-order chi connectivity index (χ1) is 3.66. The molecule has 1 atom stereocenters. The molecule has 0 aliphatic carbocycles. The average Bonchev–Trinajstić information content (AvgIpc) is 1.65. The van der Waals surface area contributed by atoms with Crippen LogP contribution in [0.25, 0.3) is 0 Å². The van der Waals surface area contributed by atoms with Gasteiger partial charge in [0.2, 0.25) is 0 Å². The Morgan fingerprint density at radius 3 is 2.38 bits per heavy atom. The molecule has 8 heavy (non-hydrogen) atoms. The molecule has 0 N–H and O–H groups in total. The molecule has 0 saturated carbocycles. The zero-order chi connectivity index (χ0) is 6.57. The van der Waals surface area contributed by atoms with Crippen molar-refractivity contribution in [3.63, 3.8) is 0 Å². The Labute approximate surface area is 51.5 Å². The summed E-state index contributed by atoms with van der Waals surface area (Å²) in [5.41, 5.74) is 0. The van der Waals surface area contributed by atoms with Crippen molar-refractivity contribution < 1.29 is 14.0 Å².